The van der Waals surface area contributed by atoms with Gasteiger partial charge in [-0.2, -0.15) is 0 Å². The van der Waals surface area contributed by atoms with Crippen molar-refractivity contribution in [3.05, 3.63) is 16.8 Å². The van der Waals surface area contributed by atoms with E-state index >= 15 is 0 Å². The van der Waals surface area contributed by atoms with E-state index in [4.69, 9.17) is 14.5 Å². The van der Waals surface area contributed by atoms with Gasteiger partial charge in [-0.05, 0) is 30.7 Å². The molecular formula is C18H23N3O2S. The zero-order chi connectivity index (χ0) is 16.1. The summed E-state index contributed by atoms with van der Waals surface area (Å²) in [6.07, 6.45) is 7.23. The Kier molecular flexibility index (Phi) is 3.54. The molecule has 0 amide bonds. The maximum Gasteiger partial charge on any atom is 0.171 e. The quantitative estimate of drug-likeness (QED) is 0.794. The van der Waals surface area contributed by atoms with Gasteiger partial charge in [-0.3, -0.25) is 0 Å². The number of aryl methyl sites for hydroxylation is 1. The number of rotatable bonds is 1. The number of thiophene rings is 1. The van der Waals surface area contributed by atoms with Crippen molar-refractivity contribution in [1.29, 1.82) is 0 Å². The summed E-state index contributed by atoms with van der Waals surface area (Å²) in [5.74, 6) is 1.55. The van der Waals surface area contributed by atoms with Crippen molar-refractivity contribution in [2.75, 3.05) is 31.2 Å². The first-order chi connectivity index (χ1) is 11.7. The summed E-state index contributed by atoms with van der Waals surface area (Å²) in [5.41, 5.74) is 1.51. The van der Waals surface area contributed by atoms with Gasteiger partial charge in [-0.1, -0.05) is 6.92 Å². The van der Waals surface area contributed by atoms with E-state index in [0.717, 1.165) is 55.7 Å². The predicted octanol–water partition coefficient (Wildman–Crippen LogP) is 3.16. The second-order valence-corrected chi connectivity index (χ2v) is 8.41. The van der Waals surface area contributed by atoms with Crippen LogP contribution in [0.5, 0.6) is 0 Å². The van der Waals surface area contributed by atoms with E-state index in [2.05, 4.69) is 16.8 Å². The Morgan fingerprint density at radius 3 is 2.79 bits per heavy atom. The van der Waals surface area contributed by atoms with Gasteiger partial charge in [-0.25, -0.2) is 9.97 Å². The molecule has 3 aliphatic rings. The molecule has 128 valence electrons. The SMILES string of the molecule is CC1CCc2sc3ncnc(N4CCC5(CC4)OCCO5)c3c2C1. The second kappa shape index (κ2) is 5.64. The number of hydrogen-bond acceptors (Lipinski definition) is 6. The fraction of sp³-hybridized carbons (Fsp3) is 0.667. The molecule has 0 radical (unpaired) electrons. The predicted molar refractivity (Wildman–Crippen MR) is 94.7 cm³/mol. The topological polar surface area (TPSA) is 47.5 Å². The lowest BCUT2D eigenvalue weighted by Crippen LogP contribution is -2.45. The molecule has 0 N–H and O–H groups in total. The maximum atomic E-state index is 5.86. The van der Waals surface area contributed by atoms with Crippen LogP contribution >= 0.6 is 11.3 Å². The fourth-order valence-corrected chi connectivity index (χ4v) is 5.53. The van der Waals surface area contributed by atoms with Crippen LogP contribution in [-0.2, 0) is 22.3 Å². The van der Waals surface area contributed by atoms with Crippen LogP contribution in [0.4, 0.5) is 5.82 Å². The van der Waals surface area contributed by atoms with Crippen molar-refractivity contribution in [2.24, 2.45) is 5.92 Å². The van der Waals surface area contributed by atoms with Crippen LogP contribution in [0.3, 0.4) is 0 Å². The van der Waals surface area contributed by atoms with Gasteiger partial charge in [0, 0.05) is 30.8 Å². The molecule has 5 nitrogen and oxygen atoms in total. The minimum absolute atomic E-state index is 0.328. The highest BCUT2D eigenvalue weighted by Gasteiger charge is 2.40. The summed E-state index contributed by atoms with van der Waals surface area (Å²) in [4.78, 5) is 14.4. The van der Waals surface area contributed by atoms with E-state index in [9.17, 15) is 0 Å². The Hall–Kier alpha value is -1.24. The molecule has 0 aromatic carbocycles. The van der Waals surface area contributed by atoms with E-state index in [1.54, 1.807) is 6.33 Å². The molecule has 2 aliphatic heterocycles. The summed E-state index contributed by atoms with van der Waals surface area (Å²) in [6, 6.07) is 0. The molecule has 0 bridgehead atoms. The average molecular weight is 345 g/mol. The number of piperidine rings is 1. The number of fused-ring (bicyclic) bond motifs is 3. The van der Waals surface area contributed by atoms with Crippen molar-refractivity contribution in [3.63, 3.8) is 0 Å². The van der Waals surface area contributed by atoms with Crippen LogP contribution in [0.25, 0.3) is 10.2 Å². The average Bonchev–Trinajstić information content (AvgIpc) is 3.20. The standard InChI is InChI=1S/C18H23N3O2S/c1-12-2-3-14-13(10-12)15-16(19-11-20-17(15)24-14)21-6-4-18(5-7-21)22-8-9-23-18/h11-12H,2-10H2,1H3. The molecule has 5 rings (SSSR count). The summed E-state index contributed by atoms with van der Waals surface area (Å²) in [7, 11) is 0. The van der Waals surface area contributed by atoms with Gasteiger partial charge in [0.25, 0.3) is 0 Å². The Morgan fingerprint density at radius 2 is 2.00 bits per heavy atom. The maximum absolute atomic E-state index is 5.86. The first-order valence-corrected chi connectivity index (χ1v) is 9.84. The third kappa shape index (κ3) is 2.35. The highest BCUT2D eigenvalue weighted by atomic mass is 32.1. The Labute approximate surface area is 146 Å². The second-order valence-electron chi connectivity index (χ2n) is 7.32. The highest BCUT2D eigenvalue weighted by Crippen LogP contribution is 2.42. The van der Waals surface area contributed by atoms with Crippen molar-refractivity contribution in [3.8, 4) is 0 Å². The van der Waals surface area contributed by atoms with E-state index in [-0.39, 0.29) is 5.79 Å². The first kappa shape index (κ1) is 15.0. The van der Waals surface area contributed by atoms with Crippen LogP contribution in [0.2, 0.25) is 0 Å². The number of nitrogens with zero attached hydrogens (tertiary/aromatic N) is 3. The van der Waals surface area contributed by atoms with E-state index in [1.807, 2.05) is 11.3 Å². The summed E-state index contributed by atoms with van der Waals surface area (Å²) in [5, 5.41) is 1.31. The van der Waals surface area contributed by atoms with Crippen LogP contribution < -0.4 is 4.90 Å². The zero-order valence-corrected chi connectivity index (χ0v) is 14.9. The van der Waals surface area contributed by atoms with Crippen LogP contribution in [0.15, 0.2) is 6.33 Å². The van der Waals surface area contributed by atoms with Gasteiger partial charge in [0.1, 0.15) is 17.0 Å². The minimum atomic E-state index is -0.328. The van der Waals surface area contributed by atoms with Gasteiger partial charge in [0.05, 0.1) is 18.6 Å². The normalized spacial score (nSPS) is 26.2. The largest absolute Gasteiger partial charge is 0.356 e. The molecule has 24 heavy (non-hydrogen) atoms. The molecule has 2 saturated heterocycles. The fourth-order valence-electron chi connectivity index (χ4n) is 4.35. The minimum Gasteiger partial charge on any atom is -0.356 e. The van der Waals surface area contributed by atoms with Gasteiger partial charge in [0.15, 0.2) is 5.79 Å². The van der Waals surface area contributed by atoms with Gasteiger partial charge < -0.3 is 14.4 Å². The number of ether oxygens (including phenoxy) is 2. The van der Waals surface area contributed by atoms with E-state index in [1.165, 1.54) is 35.1 Å². The summed E-state index contributed by atoms with van der Waals surface area (Å²) in [6.45, 7) is 5.69. The lowest BCUT2D eigenvalue weighted by Gasteiger charge is -2.38. The summed E-state index contributed by atoms with van der Waals surface area (Å²) < 4.78 is 11.7. The molecular weight excluding hydrogens is 322 g/mol. The molecule has 2 aromatic heterocycles. The number of aromatic nitrogens is 2. The molecule has 6 heteroatoms. The zero-order valence-electron chi connectivity index (χ0n) is 14.1. The molecule has 1 atom stereocenters. The van der Waals surface area contributed by atoms with E-state index in [0.29, 0.717) is 0 Å². The lowest BCUT2D eigenvalue weighted by atomic mass is 9.88. The first-order valence-electron chi connectivity index (χ1n) is 9.02. The monoisotopic (exact) mass is 345 g/mol. The van der Waals surface area contributed by atoms with Gasteiger partial charge in [-0.15, -0.1) is 11.3 Å². The third-order valence-corrected chi connectivity index (χ3v) is 6.91. The van der Waals surface area contributed by atoms with Crippen molar-refractivity contribution in [2.45, 2.75) is 44.8 Å². The van der Waals surface area contributed by atoms with E-state index < -0.39 is 0 Å². The molecule has 1 unspecified atom stereocenters. The molecule has 4 heterocycles. The van der Waals surface area contributed by atoms with Crippen LogP contribution in [0, 0.1) is 5.92 Å². The van der Waals surface area contributed by atoms with Crippen molar-refractivity contribution < 1.29 is 9.47 Å². The molecule has 2 fully saturated rings. The third-order valence-electron chi connectivity index (χ3n) is 5.71. The van der Waals surface area contributed by atoms with Gasteiger partial charge >= 0.3 is 0 Å². The van der Waals surface area contributed by atoms with Gasteiger partial charge in [0.2, 0.25) is 0 Å². The Morgan fingerprint density at radius 1 is 1.21 bits per heavy atom. The molecule has 0 saturated carbocycles. The molecule has 1 aliphatic carbocycles. The van der Waals surface area contributed by atoms with Crippen LogP contribution in [0.1, 0.15) is 36.6 Å². The number of hydrogen-bond donors (Lipinski definition) is 0. The smallest absolute Gasteiger partial charge is 0.171 e. The van der Waals surface area contributed by atoms with Crippen LogP contribution in [-0.4, -0.2) is 42.1 Å². The summed E-state index contributed by atoms with van der Waals surface area (Å²) >= 11 is 1.87. The van der Waals surface area contributed by atoms with Crippen molar-refractivity contribution >= 4 is 27.4 Å². The molecule has 1 spiro atoms. The number of anilines is 1. The lowest BCUT2D eigenvalue weighted by molar-refractivity contribution is -0.169. The Bertz CT molecular complexity index is 759. The highest BCUT2D eigenvalue weighted by molar-refractivity contribution is 7.19. The Balaban J connectivity index is 1.50. The molecule has 2 aromatic rings. The van der Waals surface area contributed by atoms with Crippen molar-refractivity contribution in [1.82, 2.24) is 9.97 Å².